The predicted octanol–water partition coefficient (Wildman–Crippen LogP) is 3.76. The topological polar surface area (TPSA) is 55.8 Å². The van der Waals surface area contributed by atoms with Crippen molar-refractivity contribution in [1.82, 2.24) is 0 Å². The summed E-state index contributed by atoms with van der Waals surface area (Å²) in [4.78, 5) is 0. The van der Waals surface area contributed by atoms with Crippen LogP contribution < -0.4 is 0 Å². The molecule has 0 aliphatic heterocycles. The van der Waals surface area contributed by atoms with Gasteiger partial charge in [0.25, 0.3) is 0 Å². The van der Waals surface area contributed by atoms with Gasteiger partial charge in [-0.3, -0.25) is 4.57 Å². The van der Waals surface area contributed by atoms with Crippen LogP contribution in [-0.4, -0.2) is 25.0 Å². The third kappa shape index (κ3) is 3.02. The minimum Gasteiger partial charge on any atom is -0.508 e. The molecule has 0 spiro atoms. The molecule has 0 radical (unpaired) electrons. The van der Waals surface area contributed by atoms with Crippen molar-refractivity contribution in [3.8, 4) is 5.75 Å². The molecule has 2 atom stereocenters. The fraction of sp³-hybridized carbons (Fsp3) is 0.571. The number of benzene rings is 1. The van der Waals surface area contributed by atoms with E-state index in [9.17, 15) is 9.67 Å². The second-order valence-corrected chi connectivity index (χ2v) is 7.73. The lowest BCUT2D eigenvalue weighted by Gasteiger charge is -2.29. The molecule has 106 valence electrons. The van der Waals surface area contributed by atoms with E-state index in [4.69, 9.17) is 9.05 Å². The second kappa shape index (κ2) is 5.66. The minimum atomic E-state index is -3.10. The number of phenols is 1. The quantitative estimate of drug-likeness (QED) is 0.808. The van der Waals surface area contributed by atoms with Gasteiger partial charge < -0.3 is 14.2 Å². The molecule has 1 aromatic carbocycles. The molecule has 0 bridgehead atoms. The van der Waals surface area contributed by atoms with Gasteiger partial charge in [0, 0.05) is 20.1 Å². The van der Waals surface area contributed by atoms with Gasteiger partial charge >= 0.3 is 7.60 Å². The van der Waals surface area contributed by atoms with Crippen molar-refractivity contribution in [2.45, 2.75) is 31.3 Å². The Morgan fingerprint density at radius 1 is 1.32 bits per heavy atom. The van der Waals surface area contributed by atoms with Gasteiger partial charge in [0.05, 0.1) is 5.66 Å². The average molecular weight is 284 g/mol. The lowest BCUT2D eigenvalue weighted by atomic mass is 9.91. The summed E-state index contributed by atoms with van der Waals surface area (Å²) in [6.45, 7) is 1.90. The maximum absolute atomic E-state index is 12.6. The molecule has 0 aromatic heterocycles. The van der Waals surface area contributed by atoms with Gasteiger partial charge in [-0.25, -0.2) is 0 Å². The monoisotopic (exact) mass is 284 g/mol. The standard InChI is InChI=1S/C14H21O4P/c1-10(19(16,17-2)18-3)14(11-7-8-11)12-5-4-6-13(15)9-12/h4-6,9-11,14-15H,7-8H2,1-3H3. The Balaban J connectivity index is 2.33. The molecule has 0 heterocycles. The minimum absolute atomic E-state index is 0.0952. The Morgan fingerprint density at radius 2 is 1.95 bits per heavy atom. The second-order valence-electron chi connectivity index (χ2n) is 5.10. The molecular formula is C14H21O4P. The van der Waals surface area contributed by atoms with E-state index >= 15 is 0 Å². The van der Waals surface area contributed by atoms with Crippen LogP contribution in [0.4, 0.5) is 0 Å². The molecule has 1 N–H and O–H groups in total. The van der Waals surface area contributed by atoms with Crippen LogP contribution in [0.5, 0.6) is 5.75 Å². The highest BCUT2D eigenvalue weighted by Gasteiger charge is 2.44. The van der Waals surface area contributed by atoms with Crippen LogP contribution in [0.15, 0.2) is 24.3 Å². The summed E-state index contributed by atoms with van der Waals surface area (Å²) in [6.07, 6.45) is 2.25. The summed E-state index contributed by atoms with van der Waals surface area (Å²) < 4.78 is 22.8. The summed E-state index contributed by atoms with van der Waals surface area (Å²) >= 11 is 0. The van der Waals surface area contributed by atoms with Gasteiger partial charge in [0.15, 0.2) is 0 Å². The Morgan fingerprint density at radius 3 is 2.42 bits per heavy atom. The van der Waals surface area contributed by atoms with Crippen LogP contribution in [0.25, 0.3) is 0 Å². The molecule has 1 aromatic rings. The first kappa shape index (κ1) is 14.6. The van der Waals surface area contributed by atoms with Crippen molar-refractivity contribution in [2.75, 3.05) is 14.2 Å². The Kier molecular flexibility index (Phi) is 4.34. The zero-order chi connectivity index (χ0) is 14.0. The highest BCUT2D eigenvalue weighted by atomic mass is 31.2. The summed E-state index contributed by atoms with van der Waals surface area (Å²) in [5.41, 5.74) is 0.779. The van der Waals surface area contributed by atoms with Crippen molar-refractivity contribution in [3.63, 3.8) is 0 Å². The van der Waals surface area contributed by atoms with Gasteiger partial charge in [-0.1, -0.05) is 19.1 Å². The zero-order valence-electron chi connectivity index (χ0n) is 11.6. The Hall–Kier alpha value is -0.830. The van der Waals surface area contributed by atoms with Crippen molar-refractivity contribution < 1.29 is 18.7 Å². The number of rotatable bonds is 6. The van der Waals surface area contributed by atoms with Crippen LogP contribution in [0.3, 0.4) is 0 Å². The first-order valence-corrected chi connectivity index (χ1v) is 8.13. The van der Waals surface area contributed by atoms with E-state index in [2.05, 4.69) is 0 Å². The van der Waals surface area contributed by atoms with Crippen molar-refractivity contribution in [3.05, 3.63) is 29.8 Å². The zero-order valence-corrected chi connectivity index (χ0v) is 12.5. The summed E-state index contributed by atoms with van der Waals surface area (Å²) in [5, 5.41) is 9.63. The molecule has 2 unspecified atom stereocenters. The molecule has 2 rings (SSSR count). The van der Waals surface area contributed by atoms with Gasteiger partial charge in [0.2, 0.25) is 0 Å². The Labute approximate surface area is 114 Å². The highest BCUT2D eigenvalue weighted by Crippen LogP contribution is 2.60. The van der Waals surface area contributed by atoms with E-state index in [0.29, 0.717) is 5.92 Å². The SMILES string of the molecule is COP(=O)(OC)C(C)C(c1cccc(O)c1)C1CC1. The van der Waals surface area contributed by atoms with Crippen molar-refractivity contribution in [2.24, 2.45) is 5.92 Å². The normalized spacial score (nSPS) is 19.1. The smallest absolute Gasteiger partial charge is 0.333 e. The van der Waals surface area contributed by atoms with E-state index in [1.807, 2.05) is 19.1 Å². The van der Waals surface area contributed by atoms with Gasteiger partial charge in [0.1, 0.15) is 5.75 Å². The van der Waals surface area contributed by atoms with E-state index in [1.165, 1.54) is 14.2 Å². The first-order valence-electron chi connectivity index (χ1n) is 6.52. The predicted molar refractivity (Wildman–Crippen MR) is 74.7 cm³/mol. The van der Waals surface area contributed by atoms with E-state index < -0.39 is 7.60 Å². The fourth-order valence-electron chi connectivity index (χ4n) is 2.74. The largest absolute Gasteiger partial charge is 0.508 e. The highest BCUT2D eigenvalue weighted by molar-refractivity contribution is 7.54. The van der Waals surface area contributed by atoms with Gasteiger partial charge in [-0.15, -0.1) is 0 Å². The molecule has 0 saturated heterocycles. The molecular weight excluding hydrogens is 263 g/mol. The van der Waals surface area contributed by atoms with Crippen LogP contribution in [0.2, 0.25) is 0 Å². The average Bonchev–Trinajstić information content (AvgIpc) is 3.22. The molecule has 1 aliphatic rings. The maximum atomic E-state index is 12.6. The third-order valence-electron chi connectivity index (χ3n) is 3.91. The number of phenolic OH excluding ortho intramolecular Hbond substituents is 1. The summed E-state index contributed by atoms with van der Waals surface area (Å²) in [7, 11) is -0.257. The first-order chi connectivity index (χ1) is 9.01. The maximum Gasteiger partial charge on any atom is 0.333 e. The lowest BCUT2D eigenvalue weighted by molar-refractivity contribution is 0.260. The van der Waals surface area contributed by atoms with E-state index in [-0.39, 0.29) is 17.3 Å². The lowest BCUT2D eigenvalue weighted by Crippen LogP contribution is -2.19. The van der Waals surface area contributed by atoms with Gasteiger partial charge in [-0.05, 0) is 36.5 Å². The summed E-state index contributed by atoms with van der Waals surface area (Å²) in [6, 6.07) is 7.17. The molecule has 1 saturated carbocycles. The number of hydrogen-bond acceptors (Lipinski definition) is 4. The molecule has 1 fully saturated rings. The number of hydrogen-bond donors (Lipinski definition) is 1. The van der Waals surface area contributed by atoms with Crippen LogP contribution in [0.1, 0.15) is 31.2 Å². The van der Waals surface area contributed by atoms with E-state index in [0.717, 1.165) is 18.4 Å². The van der Waals surface area contributed by atoms with Crippen LogP contribution >= 0.6 is 7.60 Å². The molecule has 0 amide bonds. The van der Waals surface area contributed by atoms with E-state index in [1.54, 1.807) is 12.1 Å². The third-order valence-corrected chi connectivity index (χ3v) is 6.25. The van der Waals surface area contributed by atoms with Crippen molar-refractivity contribution in [1.29, 1.82) is 0 Å². The number of aromatic hydroxyl groups is 1. The summed E-state index contributed by atoms with van der Waals surface area (Å²) in [5.74, 6) is 0.827. The van der Waals surface area contributed by atoms with Crippen LogP contribution in [0, 0.1) is 5.92 Å². The van der Waals surface area contributed by atoms with Crippen molar-refractivity contribution >= 4 is 7.60 Å². The molecule has 5 heteroatoms. The van der Waals surface area contributed by atoms with Gasteiger partial charge in [-0.2, -0.15) is 0 Å². The molecule has 19 heavy (non-hydrogen) atoms. The molecule has 4 nitrogen and oxygen atoms in total. The fourth-order valence-corrected chi connectivity index (χ4v) is 4.36. The van der Waals surface area contributed by atoms with Crippen LogP contribution in [-0.2, 0) is 13.6 Å². The molecule has 1 aliphatic carbocycles. The Bertz CT molecular complexity index is 476.